The average Bonchev–Trinajstić information content (AvgIpc) is 2.64. The van der Waals surface area contributed by atoms with Crippen LogP contribution in [0.15, 0.2) is 56.6 Å². The van der Waals surface area contributed by atoms with E-state index in [1.54, 1.807) is 38.1 Å². The fourth-order valence-corrected chi connectivity index (χ4v) is 4.15. The van der Waals surface area contributed by atoms with Gasteiger partial charge in [-0.1, -0.05) is 17.7 Å². The van der Waals surface area contributed by atoms with Gasteiger partial charge in [-0.25, -0.2) is 17.9 Å². The van der Waals surface area contributed by atoms with Gasteiger partial charge >= 0.3 is 11.6 Å². The van der Waals surface area contributed by atoms with Crippen molar-refractivity contribution in [3.05, 3.63) is 69.6 Å². The van der Waals surface area contributed by atoms with Crippen molar-refractivity contribution in [2.75, 3.05) is 6.54 Å². The van der Waals surface area contributed by atoms with Crippen molar-refractivity contribution in [3.8, 4) is 5.75 Å². The molecule has 0 spiro atoms. The van der Waals surface area contributed by atoms with Crippen LogP contribution in [0.1, 0.15) is 29.5 Å². The van der Waals surface area contributed by atoms with E-state index in [9.17, 15) is 18.0 Å². The fraction of sp³-hybridized carbons (Fsp3) is 0.273. The Kier molecular flexibility index (Phi) is 6.38. The molecule has 1 aromatic heterocycles. The minimum atomic E-state index is -3.62. The molecule has 0 saturated carbocycles. The summed E-state index contributed by atoms with van der Waals surface area (Å²) >= 11 is 0. The first-order valence-corrected chi connectivity index (χ1v) is 11.0. The molecule has 0 atom stereocenters. The number of aryl methyl sites for hydroxylation is 3. The molecule has 3 rings (SSSR count). The lowest BCUT2D eigenvalue weighted by molar-refractivity contribution is -0.134. The quantitative estimate of drug-likeness (QED) is 0.267. The number of sulfonamides is 1. The maximum Gasteiger partial charge on any atom is 0.336 e. The monoisotopic (exact) mass is 429 g/mol. The van der Waals surface area contributed by atoms with Crippen molar-refractivity contribution in [3.63, 3.8) is 0 Å². The maximum absolute atomic E-state index is 12.3. The third-order valence-electron chi connectivity index (χ3n) is 4.55. The molecule has 0 fully saturated rings. The number of benzene rings is 2. The Bertz CT molecular complexity index is 1240. The standard InChI is InChI=1S/C22H23NO6S/c1-14-6-8-17(9-7-14)30(26,27)23-10-4-5-20(24)28-18-11-15(2)12-19-22(18)16(3)13-21(25)29-19/h6-9,11-13,23H,4-5,10H2,1-3H3. The van der Waals surface area contributed by atoms with Gasteiger partial charge in [-0.15, -0.1) is 0 Å². The second-order valence-corrected chi connectivity index (χ2v) is 8.94. The van der Waals surface area contributed by atoms with Crippen molar-refractivity contribution >= 4 is 27.0 Å². The zero-order chi connectivity index (χ0) is 21.9. The van der Waals surface area contributed by atoms with Gasteiger partial charge in [0.1, 0.15) is 11.3 Å². The molecule has 1 heterocycles. The van der Waals surface area contributed by atoms with Crippen molar-refractivity contribution in [1.82, 2.24) is 4.72 Å². The van der Waals surface area contributed by atoms with E-state index < -0.39 is 21.6 Å². The number of rotatable bonds is 7. The first kappa shape index (κ1) is 21.7. The van der Waals surface area contributed by atoms with Crippen molar-refractivity contribution in [2.24, 2.45) is 0 Å². The minimum absolute atomic E-state index is 0.0294. The molecule has 3 aromatic rings. The van der Waals surface area contributed by atoms with Crippen LogP contribution in [0.25, 0.3) is 11.0 Å². The Morgan fingerprint density at radius 3 is 2.43 bits per heavy atom. The fourth-order valence-electron chi connectivity index (χ4n) is 3.07. The van der Waals surface area contributed by atoms with Gasteiger partial charge in [0.15, 0.2) is 0 Å². The van der Waals surface area contributed by atoms with E-state index in [1.807, 2.05) is 6.92 Å². The molecule has 0 aliphatic heterocycles. The van der Waals surface area contributed by atoms with Gasteiger partial charge in [0.2, 0.25) is 10.0 Å². The molecule has 158 valence electrons. The number of fused-ring (bicyclic) bond motifs is 1. The van der Waals surface area contributed by atoms with E-state index >= 15 is 0 Å². The number of nitrogens with one attached hydrogen (secondary N) is 1. The Hall–Kier alpha value is -2.97. The topological polar surface area (TPSA) is 103 Å². The largest absolute Gasteiger partial charge is 0.426 e. The van der Waals surface area contributed by atoms with Crippen LogP contribution in [0.3, 0.4) is 0 Å². The molecular weight excluding hydrogens is 406 g/mol. The number of esters is 1. The zero-order valence-electron chi connectivity index (χ0n) is 17.0. The lowest BCUT2D eigenvalue weighted by Crippen LogP contribution is -2.25. The van der Waals surface area contributed by atoms with Gasteiger partial charge in [0.05, 0.1) is 10.3 Å². The van der Waals surface area contributed by atoms with E-state index in [1.165, 1.54) is 18.2 Å². The van der Waals surface area contributed by atoms with Crippen LogP contribution in [-0.2, 0) is 14.8 Å². The normalized spacial score (nSPS) is 11.6. The van der Waals surface area contributed by atoms with Crippen molar-refractivity contribution in [1.29, 1.82) is 0 Å². The molecule has 2 aromatic carbocycles. The summed E-state index contributed by atoms with van der Waals surface area (Å²) in [5.74, 6) is -0.182. The third kappa shape index (κ3) is 5.14. The lowest BCUT2D eigenvalue weighted by Gasteiger charge is -2.11. The number of ether oxygens (including phenoxy) is 1. The number of hydrogen-bond donors (Lipinski definition) is 1. The minimum Gasteiger partial charge on any atom is -0.426 e. The molecule has 30 heavy (non-hydrogen) atoms. The van der Waals surface area contributed by atoms with Gasteiger partial charge in [0.25, 0.3) is 0 Å². The molecule has 0 saturated heterocycles. The predicted octanol–water partition coefficient (Wildman–Crippen LogP) is 3.38. The Morgan fingerprint density at radius 1 is 1.03 bits per heavy atom. The lowest BCUT2D eigenvalue weighted by atomic mass is 10.1. The van der Waals surface area contributed by atoms with Crippen molar-refractivity contribution < 1.29 is 22.4 Å². The van der Waals surface area contributed by atoms with E-state index in [4.69, 9.17) is 9.15 Å². The average molecular weight is 429 g/mol. The molecule has 7 nitrogen and oxygen atoms in total. The summed E-state index contributed by atoms with van der Waals surface area (Å²) in [4.78, 5) is 24.1. The Morgan fingerprint density at radius 2 is 1.73 bits per heavy atom. The summed E-state index contributed by atoms with van der Waals surface area (Å²) in [6.45, 7) is 5.53. The Balaban J connectivity index is 1.62. The van der Waals surface area contributed by atoms with Crippen LogP contribution in [0.2, 0.25) is 0 Å². The van der Waals surface area contributed by atoms with Gasteiger partial charge in [-0.05, 0) is 62.6 Å². The molecule has 0 aliphatic rings. The highest BCUT2D eigenvalue weighted by Crippen LogP contribution is 2.29. The van der Waals surface area contributed by atoms with E-state index in [-0.39, 0.29) is 24.3 Å². The van der Waals surface area contributed by atoms with E-state index in [0.717, 1.165) is 11.1 Å². The highest BCUT2D eigenvalue weighted by atomic mass is 32.2. The second kappa shape index (κ2) is 8.81. The molecule has 0 bridgehead atoms. The third-order valence-corrected chi connectivity index (χ3v) is 6.03. The summed E-state index contributed by atoms with van der Waals surface area (Å²) in [6.07, 6.45) is 0.309. The summed E-state index contributed by atoms with van der Waals surface area (Å²) < 4.78 is 37.7. The molecule has 8 heteroatoms. The molecule has 0 amide bonds. The van der Waals surface area contributed by atoms with Crippen LogP contribution in [0, 0.1) is 20.8 Å². The molecular formula is C22H23NO6S. The van der Waals surface area contributed by atoms with Crippen LogP contribution in [-0.4, -0.2) is 20.9 Å². The van der Waals surface area contributed by atoms with Gasteiger partial charge in [-0.3, -0.25) is 4.79 Å². The van der Waals surface area contributed by atoms with Crippen molar-refractivity contribution in [2.45, 2.75) is 38.5 Å². The maximum atomic E-state index is 12.3. The summed E-state index contributed by atoms with van der Waals surface area (Å²) in [5.41, 5.74) is 2.28. The van der Waals surface area contributed by atoms with Gasteiger partial charge < -0.3 is 9.15 Å². The van der Waals surface area contributed by atoms with Gasteiger partial charge in [-0.2, -0.15) is 0 Å². The molecule has 0 aliphatic carbocycles. The molecule has 1 N–H and O–H groups in total. The predicted molar refractivity (Wildman–Crippen MR) is 113 cm³/mol. The number of carbonyl (C=O) groups is 1. The zero-order valence-corrected chi connectivity index (χ0v) is 17.8. The number of carbonyl (C=O) groups excluding carboxylic acids is 1. The van der Waals surface area contributed by atoms with E-state index in [0.29, 0.717) is 22.3 Å². The highest BCUT2D eigenvalue weighted by Gasteiger charge is 2.15. The SMILES string of the molecule is Cc1ccc(S(=O)(=O)NCCCC(=O)Oc2cc(C)cc3oc(=O)cc(C)c23)cc1. The summed E-state index contributed by atoms with van der Waals surface area (Å²) in [7, 11) is -3.62. The Labute approximate surface area is 174 Å². The van der Waals surface area contributed by atoms with Crippen LogP contribution >= 0.6 is 0 Å². The van der Waals surface area contributed by atoms with Gasteiger partial charge in [0, 0.05) is 19.0 Å². The van der Waals surface area contributed by atoms with Crippen LogP contribution in [0.4, 0.5) is 0 Å². The number of hydrogen-bond acceptors (Lipinski definition) is 6. The first-order chi connectivity index (χ1) is 14.2. The second-order valence-electron chi connectivity index (χ2n) is 7.17. The smallest absolute Gasteiger partial charge is 0.336 e. The van der Waals surface area contributed by atoms with Crippen LogP contribution in [0.5, 0.6) is 5.75 Å². The first-order valence-electron chi connectivity index (χ1n) is 9.48. The highest BCUT2D eigenvalue weighted by molar-refractivity contribution is 7.89. The van der Waals surface area contributed by atoms with E-state index in [2.05, 4.69) is 4.72 Å². The van der Waals surface area contributed by atoms with Crippen LogP contribution < -0.4 is 15.1 Å². The molecule has 0 radical (unpaired) electrons. The molecule has 0 unspecified atom stereocenters. The summed E-state index contributed by atoms with van der Waals surface area (Å²) in [5, 5.41) is 0.564. The summed E-state index contributed by atoms with van der Waals surface area (Å²) in [6, 6.07) is 11.3.